The Balaban J connectivity index is 2.13. The van der Waals surface area contributed by atoms with E-state index in [2.05, 4.69) is 20.7 Å². The molecule has 2 heterocycles. The standard InChI is InChI=1S/C31H55N5O13/c1-10-18-25(43-7)26(44-8)20(12-41-5)47-29(18)49-28-30(46-15(2)31(28,14-38)13-33-36-32)48-24-19(11-37)23(42-6)21(34-16(3)39)27(45-9)22(24)35-17(4)40/h15,18-30,37-38H,10-14H2,1-9H3,(H,34,39)(H,35,40)/t15-,18+,19-,20-,21?,22+,23+,24+,25+,26?,27-,28-,29+,30-,31+/m0/s1. The van der Waals surface area contributed by atoms with Crippen LogP contribution in [0.25, 0.3) is 10.4 Å². The van der Waals surface area contributed by atoms with E-state index in [-0.39, 0.29) is 25.0 Å². The summed E-state index contributed by atoms with van der Waals surface area (Å²) < 4.78 is 55.0. The first kappa shape index (κ1) is 41.2. The van der Waals surface area contributed by atoms with E-state index in [1.165, 1.54) is 35.2 Å². The molecule has 0 bridgehead atoms. The largest absolute Gasteiger partial charge is 0.396 e. The van der Waals surface area contributed by atoms with Crippen LogP contribution in [0.2, 0.25) is 0 Å². The summed E-state index contributed by atoms with van der Waals surface area (Å²) in [6, 6.07) is -1.71. The van der Waals surface area contributed by atoms with Gasteiger partial charge in [0.25, 0.3) is 0 Å². The quantitative estimate of drug-likeness (QED) is 0.0880. The second-order valence-corrected chi connectivity index (χ2v) is 12.8. The summed E-state index contributed by atoms with van der Waals surface area (Å²) in [5.74, 6) is -1.97. The number of ether oxygens (including phenoxy) is 9. The fourth-order valence-corrected chi connectivity index (χ4v) is 7.70. The molecule has 0 radical (unpaired) electrons. The van der Waals surface area contributed by atoms with Crippen LogP contribution < -0.4 is 10.6 Å². The van der Waals surface area contributed by atoms with Crippen molar-refractivity contribution in [3.8, 4) is 0 Å². The molecule has 282 valence electrons. The van der Waals surface area contributed by atoms with Gasteiger partial charge in [0.1, 0.15) is 24.4 Å². The van der Waals surface area contributed by atoms with Crippen LogP contribution in [0.5, 0.6) is 0 Å². The van der Waals surface area contributed by atoms with Crippen molar-refractivity contribution in [2.24, 2.45) is 22.4 Å². The highest BCUT2D eigenvalue weighted by Gasteiger charge is 2.61. The van der Waals surface area contributed by atoms with Crippen LogP contribution >= 0.6 is 0 Å². The summed E-state index contributed by atoms with van der Waals surface area (Å²) >= 11 is 0. The lowest BCUT2D eigenvalue weighted by molar-refractivity contribution is -0.329. The van der Waals surface area contributed by atoms with Gasteiger partial charge in [0.2, 0.25) is 11.8 Å². The SMILES string of the molecule is CC[C@H]1[C@@H](O[C@H]2[C@H](O[C@@H]3[C@@H](CO)[C@@H](OC)C(NC(C)=O)[C@H](OC)[C@@H]3NC(C)=O)O[C@@H](C)[C@]2(CO)CN=[N+]=[N-])O[C@@H](COC)C(OC)[C@@H]1OC. The van der Waals surface area contributed by atoms with Crippen molar-refractivity contribution in [2.75, 3.05) is 61.9 Å². The van der Waals surface area contributed by atoms with Gasteiger partial charge in [-0.05, 0) is 18.9 Å². The number of hydrogen-bond donors (Lipinski definition) is 4. The van der Waals surface area contributed by atoms with Gasteiger partial charge in [0, 0.05) is 72.7 Å². The number of nitrogens with one attached hydrogen (secondary N) is 2. The smallest absolute Gasteiger partial charge is 0.217 e. The van der Waals surface area contributed by atoms with E-state index in [0.29, 0.717) is 6.42 Å². The molecule has 15 atom stereocenters. The highest BCUT2D eigenvalue weighted by molar-refractivity contribution is 5.74. The number of carbonyl (C=O) groups is 2. The van der Waals surface area contributed by atoms with Crippen molar-refractivity contribution in [3.05, 3.63) is 10.4 Å². The first-order chi connectivity index (χ1) is 23.5. The van der Waals surface area contributed by atoms with Crippen LogP contribution in [0, 0.1) is 17.3 Å². The number of methoxy groups -OCH3 is 5. The average Bonchev–Trinajstić information content (AvgIpc) is 3.32. The van der Waals surface area contributed by atoms with Gasteiger partial charge in [-0.3, -0.25) is 9.59 Å². The molecule has 2 amide bonds. The molecule has 0 aromatic heterocycles. The van der Waals surface area contributed by atoms with Gasteiger partial charge in [-0.1, -0.05) is 12.0 Å². The van der Waals surface area contributed by atoms with Gasteiger partial charge in [0.05, 0.1) is 61.7 Å². The zero-order valence-corrected chi connectivity index (χ0v) is 29.8. The van der Waals surface area contributed by atoms with Crippen LogP contribution in [0.3, 0.4) is 0 Å². The fraction of sp³-hybridized carbons (Fsp3) is 0.935. The van der Waals surface area contributed by atoms with Gasteiger partial charge < -0.3 is 63.5 Å². The number of azide groups is 1. The third-order valence-corrected chi connectivity index (χ3v) is 10.1. The van der Waals surface area contributed by atoms with Crippen LogP contribution in [0.4, 0.5) is 0 Å². The first-order valence-electron chi connectivity index (χ1n) is 16.5. The molecule has 18 heteroatoms. The van der Waals surface area contributed by atoms with E-state index >= 15 is 0 Å². The Hall–Kier alpha value is -2.19. The Labute approximate surface area is 287 Å². The minimum atomic E-state index is -1.32. The molecule has 3 fully saturated rings. The number of carbonyl (C=O) groups excluding carboxylic acids is 2. The molecule has 1 aliphatic carbocycles. The molecule has 2 unspecified atom stereocenters. The van der Waals surface area contributed by atoms with Crippen molar-refractivity contribution < 1.29 is 62.4 Å². The maximum atomic E-state index is 12.6. The van der Waals surface area contributed by atoms with Crippen LogP contribution in [0.15, 0.2) is 5.11 Å². The number of aliphatic hydroxyl groups is 2. The molecule has 2 saturated heterocycles. The van der Waals surface area contributed by atoms with Crippen molar-refractivity contribution in [3.63, 3.8) is 0 Å². The topological polar surface area (TPSA) is 230 Å². The molecule has 49 heavy (non-hydrogen) atoms. The van der Waals surface area contributed by atoms with Crippen molar-refractivity contribution in [1.29, 1.82) is 0 Å². The van der Waals surface area contributed by atoms with Gasteiger partial charge in [-0.25, -0.2) is 0 Å². The number of rotatable bonds is 17. The molecule has 3 aliphatic rings. The van der Waals surface area contributed by atoms with Crippen molar-refractivity contribution in [2.45, 2.75) is 108 Å². The molecule has 1 saturated carbocycles. The van der Waals surface area contributed by atoms with E-state index in [0.717, 1.165) is 0 Å². The Kier molecular flexibility index (Phi) is 15.9. The summed E-state index contributed by atoms with van der Waals surface area (Å²) in [6.07, 6.45) is -7.83. The van der Waals surface area contributed by atoms with Gasteiger partial charge >= 0.3 is 0 Å². The molecule has 0 spiro atoms. The van der Waals surface area contributed by atoms with Gasteiger partial charge in [-0.2, -0.15) is 0 Å². The lowest BCUT2D eigenvalue weighted by atomic mass is 9.75. The summed E-state index contributed by atoms with van der Waals surface area (Å²) in [5.41, 5.74) is 7.99. The number of amides is 2. The maximum Gasteiger partial charge on any atom is 0.217 e. The molecule has 18 nitrogen and oxygen atoms in total. The lowest BCUT2D eigenvalue weighted by Gasteiger charge is -2.51. The Morgan fingerprint density at radius 2 is 1.43 bits per heavy atom. The molecule has 0 aromatic carbocycles. The molecule has 2 aliphatic heterocycles. The number of aliphatic hydroxyl groups excluding tert-OH is 2. The second-order valence-electron chi connectivity index (χ2n) is 12.8. The normalized spacial score (nSPS) is 40.8. The highest BCUT2D eigenvalue weighted by Crippen LogP contribution is 2.46. The Morgan fingerprint density at radius 1 is 0.837 bits per heavy atom. The summed E-state index contributed by atoms with van der Waals surface area (Å²) in [5, 5.41) is 31.2. The molecule has 4 N–H and O–H groups in total. The monoisotopic (exact) mass is 705 g/mol. The lowest BCUT2D eigenvalue weighted by Crippen LogP contribution is -2.72. The zero-order valence-electron chi connectivity index (χ0n) is 29.8. The van der Waals surface area contributed by atoms with E-state index in [4.69, 9.17) is 42.6 Å². The predicted octanol–water partition coefficient (Wildman–Crippen LogP) is -0.120. The second kappa shape index (κ2) is 18.9. The predicted molar refractivity (Wildman–Crippen MR) is 171 cm³/mol. The van der Waals surface area contributed by atoms with E-state index in [1.54, 1.807) is 21.1 Å². The van der Waals surface area contributed by atoms with E-state index < -0.39 is 104 Å². The number of hydrogen-bond acceptors (Lipinski definition) is 14. The van der Waals surface area contributed by atoms with Gasteiger partial charge in [-0.15, -0.1) is 0 Å². The highest BCUT2D eigenvalue weighted by atomic mass is 16.8. The van der Waals surface area contributed by atoms with Crippen LogP contribution in [0.1, 0.15) is 34.1 Å². The minimum Gasteiger partial charge on any atom is -0.396 e. The third kappa shape index (κ3) is 8.65. The molecular formula is C31H55N5O13. The van der Waals surface area contributed by atoms with Gasteiger partial charge in [0.15, 0.2) is 12.6 Å². The molecule has 3 rings (SSSR count). The third-order valence-electron chi connectivity index (χ3n) is 10.1. The van der Waals surface area contributed by atoms with E-state index in [9.17, 15) is 25.3 Å². The van der Waals surface area contributed by atoms with Crippen LogP contribution in [-0.2, 0) is 52.2 Å². The Morgan fingerprint density at radius 3 is 1.90 bits per heavy atom. The maximum absolute atomic E-state index is 12.6. The zero-order chi connectivity index (χ0) is 36.5. The van der Waals surface area contributed by atoms with Crippen molar-refractivity contribution >= 4 is 11.8 Å². The minimum absolute atomic E-state index is 0.168. The summed E-state index contributed by atoms with van der Waals surface area (Å²) in [7, 11) is 7.54. The average molecular weight is 706 g/mol. The van der Waals surface area contributed by atoms with Crippen molar-refractivity contribution in [1.82, 2.24) is 10.6 Å². The van der Waals surface area contributed by atoms with Crippen LogP contribution in [-0.4, -0.2) is 157 Å². The van der Waals surface area contributed by atoms with E-state index in [1.807, 2.05) is 6.92 Å². The molecule has 0 aromatic rings. The summed E-state index contributed by atoms with van der Waals surface area (Å²) in [6.45, 7) is 5.27. The molecular weight excluding hydrogens is 650 g/mol. The first-order valence-corrected chi connectivity index (χ1v) is 16.5. The summed E-state index contributed by atoms with van der Waals surface area (Å²) in [4.78, 5) is 27.7. The Bertz CT molecular complexity index is 1120. The number of nitrogens with zero attached hydrogens (tertiary/aromatic N) is 3. The fourth-order valence-electron chi connectivity index (χ4n) is 7.70.